The topological polar surface area (TPSA) is 126 Å². The van der Waals surface area contributed by atoms with Crippen LogP contribution in [0.2, 0.25) is 0 Å². The van der Waals surface area contributed by atoms with Crippen molar-refractivity contribution in [1.29, 1.82) is 10.5 Å². The van der Waals surface area contributed by atoms with Gasteiger partial charge in [0.2, 0.25) is 11.6 Å². The van der Waals surface area contributed by atoms with Gasteiger partial charge in [-0.05, 0) is 24.3 Å². The first-order valence-electron chi connectivity index (χ1n) is 8.36. The molecule has 0 N–H and O–H groups in total. The van der Waals surface area contributed by atoms with E-state index in [4.69, 9.17) is 14.4 Å². The largest absolute Gasteiger partial charge is 0.449 e. The number of fused-ring (bicyclic) bond motifs is 1. The summed E-state index contributed by atoms with van der Waals surface area (Å²) in [5.74, 6) is 0.392. The third-order valence-corrected chi connectivity index (χ3v) is 4.17. The molecule has 8 nitrogen and oxygen atoms in total. The number of hydrogen-bond donors (Lipinski definition) is 0. The van der Waals surface area contributed by atoms with Crippen molar-refractivity contribution >= 4 is 16.8 Å². The Balaban J connectivity index is 1.83. The summed E-state index contributed by atoms with van der Waals surface area (Å²) in [6, 6.07) is 19.8. The molecule has 0 fully saturated rings. The summed E-state index contributed by atoms with van der Waals surface area (Å²) in [7, 11) is 0. The van der Waals surface area contributed by atoms with Crippen molar-refractivity contribution in [3.63, 3.8) is 0 Å². The third kappa shape index (κ3) is 3.22. The van der Waals surface area contributed by atoms with E-state index in [1.165, 1.54) is 6.07 Å². The quantitative estimate of drug-likeness (QED) is 0.361. The molecule has 1 heterocycles. The smallest absolute Gasteiger partial charge is 0.312 e. The predicted molar refractivity (Wildman–Crippen MR) is 102 cm³/mol. The lowest BCUT2D eigenvalue weighted by molar-refractivity contribution is -0.385. The lowest BCUT2D eigenvalue weighted by Gasteiger charge is -2.10. The summed E-state index contributed by atoms with van der Waals surface area (Å²) in [4.78, 5) is 15.2. The van der Waals surface area contributed by atoms with Crippen molar-refractivity contribution in [3.05, 3.63) is 81.9 Å². The van der Waals surface area contributed by atoms with Gasteiger partial charge in [-0.2, -0.15) is 10.5 Å². The Labute approximate surface area is 164 Å². The highest BCUT2D eigenvalue weighted by Crippen LogP contribution is 2.38. The van der Waals surface area contributed by atoms with Gasteiger partial charge in [0.25, 0.3) is 0 Å². The number of para-hydroxylation sites is 3. The first-order valence-corrected chi connectivity index (χ1v) is 8.36. The molecular formula is C21H10N4O4. The van der Waals surface area contributed by atoms with Crippen molar-refractivity contribution in [2.45, 2.75) is 0 Å². The molecule has 0 unspecified atom stereocenters. The van der Waals surface area contributed by atoms with Crippen LogP contribution in [0.25, 0.3) is 22.6 Å². The zero-order chi connectivity index (χ0) is 20.4. The van der Waals surface area contributed by atoms with Crippen LogP contribution in [-0.4, -0.2) is 9.91 Å². The summed E-state index contributed by atoms with van der Waals surface area (Å²) in [5.41, 5.74) is 1.20. The molecular weight excluding hydrogens is 372 g/mol. The van der Waals surface area contributed by atoms with Crippen molar-refractivity contribution < 1.29 is 14.1 Å². The second kappa shape index (κ2) is 7.14. The number of ether oxygens (including phenoxy) is 1. The molecule has 4 rings (SSSR count). The summed E-state index contributed by atoms with van der Waals surface area (Å²) in [5, 5.41) is 29.8. The minimum atomic E-state index is -0.667. The van der Waals surface area contributed by atoms with Gasteiger partial charge in [-0.1, -0.05) is 24.3 Å². The van der Waals surface area contributed by atoms with Gasteiger partial charge in [0, 0.05) is 12.1 Å². The Morgan fingerprint density at radius 2 is 1.66 bits per heavy atom. The molecule has 4 aromatic rings. The van der Waals surface area contributed by atoms with E-state index in [-0.39, 0.29) is 22.6 Å². The standard InChI is InChI=1S/C21H10N4O4/c22-11-13-9-17(25(26)27)20(10-14(13)12-23)28-18-7-3-1-5-15(18)21-24-16-6-2-4-8-19(16)29-21/h1-10H. The van der Waals surface area contributed by atoms with Gasteiger partial charge in [-0.15, -0.1) is 0 Å². The van der Waals surface area contributed by atoms with Crippen LogP contribution >= 0.6 is 0 Å². The summed E-state index contributed by atoms with van der Waals surface area (Å²) in [6.45, 7) is 0. The SMILES string of the molecule is N#Cc1cc(Oc2ccccc2-c2nc3ccccc3o2)c([N+](=O)[O-])cc1C#N. The van der Waals surface area contributed by atoms with Gasteiger partial charge in [-0.3, -0.25) is 10.1 Å². The number of aromatic nitrogens is 1. The van der Waals surface area contributed by atoms with Gasteiger partial charge < -0.3 is 9.15 Å². The molecule has 0 saturated heterocycles. The lowest BCUT2D eigenvalue weighted by Crippen LogP contribution is -1.97. The number of rotatable bonds is 4. The second-order valence-electron chi connectivity index (χ2n) is 5.93. The maximum absolute atomic E-state index is 11.5. The Morgan fingerprint density at radius 1 is 0.966 bits per heavy atom. The van der Waals surface area contributed by atoms with E-state index in [0.29, 0.717) is 22.6 Å². The van der Waals surface area contributed by atoms with Crippen LogP contribution < -0.4 is 4.74 Å². The highest BCUT2D eigenvalue weighted by molar-refractivity contribution is 5.77. The van der Waals surface area contributed by atoms with Gasteiger partial charge in [0.1, 0.15) is 23.4 Å². The van der Waals surface area contributed by atoms with Crippen LogP contribution in [-0.2, 0) is 0 Å². The summed E-state index contributed by atoms with van der Waals surface area (Å²) in [6.07, 6.45) is 0. The third-order valence-electron chi connectivity index (χ3n) is 4.17. The highest BCUT2D eigenvalue weighted by Gasteiger charge is 2.22. The van der Waals surface area contributed by atoms with Crippen molar-refractivity contribution in [1.82, 2.24) is 4.98 Å². The molecule has 0 radical (unpaired) electrons. The number of oxazole rings is 1. The molecule has 0 bridgehead atoms. The first kappa shape index (κ1) is 17.7. The van der Waals surface area contributed by atoms with Gasteiger partial charge in [0.05, 0.1) is 21.6 Å². The lowest BCUT2D eigenvalue weighted by atomic mass is 10.1. The fourth-order valence-corrected chi connectivity index (χ4v) is 2.82. The van der Waals surface area contributed by atoms with Gasteiger partial charge in [-0.25, -0.2) is 4.98 Å². The van der Waals surface area contributed by atoms with E-state index >= 15 is 0 Å². The van der Waals surface area contributed by atoms with Crippen molar-refractivity contribution in [2.24, 2.45) is 0 Å². The highest BCUT2D eigenvalue weighted by atomic mass is 16.6. The Morgan fingerprint density at radius 3 is 2.38 bits per heavy atom. The molecule has 0 spiro atoms. The number of nitro groups is 1. The average molecular weight is 382 g/mol. The molecule has 138 valence electrons. The van der Waals surface area contributed by atoms with E-state index in [0.717, 1.165) is 6.07 Å². The number of benzene rings is 3. The van der Waals surface area contributed by atoms with E-state index in [1.54, 1.807) is 42.5 Å². The maximum Gasteiger partial charge on any atom is 0.312 e. The Kier molecular flexibility index (Phi) is 4.36. The molecule has 1 aromatic heterocycles. The predicted octanol–water partition coefficient (Wildman–Crippen LogP) is 4.94. The molecule has 0 amide bonds. The molecule has 0 aliphatic rings. The van der Waals surface area contributed by atoms with E-state index < -0.39 is 10.6 Å². The van der Waals surface area contributed by atoms with Crippen LogP contribution in [0.1, 0.15) is 11.1 Å². The summed E-state index contributed by atoms with van der Waals surface area (Å²) >= 11 is 0. The van der Waals surface area contributed by atoms with E-state index in [9.17, 15) is 15.4 Å². The van der Waals surface area contributed by atoms with Crippen LogP contribution in [0.15, 0.2) is 65.1 Å². The van der Waals surface area contributed by atoms with Crippen LogP contribution in [0.4, 0.5) is 5.69 Å². The van der Waals surface area contributed by atoms with E-state index in [2.05, 4.69) is 4.98 Å². The minimum Gasteiger partial charge on any atom is -0.449 e. The first-order chi connectivity index (χ1) is 14.1. The minimum absolute atomic E-state index is 0.0209. The van der Waals surface area contributed by atoms with Gasteiger partial charge in [0.15, 0.2) is 5.58 Å². The molecule has 0 atom stereocenters. The fourth-order valence-electron chi connectivity index (χ4n) is 2.82. The monoisotopic (exact) mass is 382 g/mol. The second-order valence-corrected chi connectivity index (χ2v) is 5.93. The van der Waals surface area contributed by atoms with Crippen LogP contribution in [0, 0.1) is 32.8 Å². The molecule has 8 heteroatoms. The number of nitro benzene ring substituents is 1. The van der Waals surface area contributed by atoms with Gasteiger partial charge >= 0.3 is 5.69 Å². The zero-order valence-corrected chi connectivity index (χ0v) is 14.7. The van der Waals surface area contributed by atoms with Crippen LogP contribution in [0.5, 0.6) is 11.5 Å². The zero-order valence-electron chi connectivity index (χ0n) is 14.7. The van der Waals surface area contributed by atoms with Crippen LogP contribution in [0.3, 0.4) is 0 Å². The molecule has 0 aliphatic carbocycles. The molecule has 3 aromatic carbocycles. The average Bonchev–Trinajstić information content (AvgIpc) is 3.17. The van der Waals surface area contributed by atoms with Crippen molar-refractivity contribution in [2.75, 3.05) is 0 Å². The maximum atomic E-state index is 11.5. The number of hydrogen-bond acceptors (Lipinski definition) is 7. The Hall–Kier alpha value is -4.69. The molecule has 0 saturated carbocycles. The fraction of sp³-hybridized carbons (Fsp3) is 0. The number of nitrogens with zero attached hydrogens (tertiary/aromatic N) is 4. The molecule has 29 heavy (non-hydrogen) atoms. The molecule has 0 aliphatic heterocycles. The summed E-state index contributed by atoms with van der Waals surface area (Å²) < 4.78 is 11.6. The Bertz CT molecular complexity index is 1310. The van der Waals surface area contributed by atoms with Crippen molar-refractivity contribution in [3.8, 4) is 35.1 Å². The number of nitriles is 2. The normalized spacial score (nSPS) is 10.3. The van der Waals surface area contributed by atoms with E-state index in [1.807, 2.05) is 18.2 Å².